The number of carboxylic acid groups (broad SMARTS) is 1. The van der Waals surface area contributed by atoms with Gasteiger partial charge in [-0.25, -0.2) is 4.57 Å². The van der Waals surface area contributed by atoms with Crippen molar-refractivity contribution in [1.29, 1.82) is 5.26 Å². The third-order valence-corrected chi connectivity index (χ3v) is 7.17. The number of carboxylic acids is 1. The molecule has 4 rings (SSSR count). The smallest absolute Gasteiger partial charge is 0.235 e. The van der Waals surface area contributed by atoms with Crippen LogP contribution in [0.25, 0.3) is 5.57 Å². The molecule has 0 radical (unpaired) electrons. The van der Waals surface area contributed by atoms with Crippen LogP contribution in [0.2, 0.25) is 0 Å². The molecule has 3 atom stereocenters. The van der Waals surface area contributed by atoms with Crippen LogP contribution in [0.4, 0.5) is 0 Å². The number of benzene rings is 1. The molecular weight excluding hydrogens is 438 g/mol. The maximum atomic E-state index is 12.4. The van der Waals surface area contributed by atoms with Crippen LogP contribution in [0.15, 0.2) is 54.5 Å². The minimum absolute atomic E-state index is 0.0781. The number of pyridine rings is 1. The van der Waals surface area contributed by atoms with Gasteiger partial charge in [0.05, 0.1) is 35.8 Å². The van der Waals surface area contributed by atoms with E-state index in [0.717, 1.165) is 22.6 Å². The summed E-state index contributed by atoms with van der Waals surface area (Å²) < 4.78 is 2.09. The fraction of sp³-hybridized carbons (Fsp3) is 0.360. The van der Waals surface area contributed by atoms with Crippen molar-refractivity contribution in [2.75, 3.05) is 5.75 Å². The number of nitrogens with zero attached hydrogens (tertiary/aromatic N) is 3. The third-order valence-electron chi connectivity index (χ3n) is 6.14. The first-order chi connectivity index (χ1) is 15.9. The lowest BCUT2D eigenvalue weighted by atomic mass is 9.82. The second-order valence-corrected chi connectivity index (χ2v) is 9.51. The molecule has 1 amide bonds. The predicted molar refractivity (Wildman–Crippen MR) is 121 cm³/mol. The lowest BCUT2D eigenvalue weighted by Crippen LogP contribution is -2.62. The Morgan fingerprint density at radius 3 is 2.76 bits per heavy atom. The molecule has 2 aliphatic heterocycles. The lowest BCUT2D eigenvalue weighted by Gasteiger charge is -2.45. The van der Waals surface area contributed by atoms with Crippen molar-refractivity contribution >= 4 is 29.2 Å². The average molecular weight is 464 g/mol. The highest BCUT2D eigenvalue weighted by Gasteiger charge is 2.55. The van der Waals surface area contributed by atoms with Crippen molar-refractivity contribution in [1.82, 2.24) is 4.90 Å². The topological polar surface area (TPSA) is 108 Å². The average Bonchev–Trinajstić information content (AvgIpc) is 3.12. The number of carbonyl (C=O) groups is 2. The number of β-lactam (4-membered cyclic amide) rings is 1. The third kappa shape index (κ3) is 4.65. The molecule has 7 nitrogen and oxygen atoms in total. The molecule has 8 heteroatoms. The van der Waals surface area contributed by atoms with Gasteiger partial charge in [0.25, 0.3) is 0 Å². The Morgan fingerprint density at radius 2 is 2.09 bits per heavy atom. The van der Waals surface area contributed by atoms with Crippen molar-refractivity contribution in [3.8, 4) is 6.07 Å². The van der Waals surface area contributed by atoms with Gasteiger partial charge in [-0.2, -0.15) is 17.0 Å². The number of aromatic nitrogens is 1. The molecule has 1 N–H and O–H groups in total. The number of aliphatic carboxylic acids is 1. The van der Waals surface area contributed by atoms with E-state index in [1.165, 1.54) is 10.5 Å². The summed E-state index contributed by atoms with van der Waals surface area (Å²) in [6, 6.07) is 13.6. The molecular formula is C25H25N3O4S. The van der Waals surface area contributed by atoms with Gasteiger partial charge in [0.15, 0.2) is 18.9 Å². The fourth-order valence-corrected chi connectivity index (χ4v) is 5.39. The summed E-state index contributed by atoms with van der Waals surface area (Å²) in [6.07, 6.45) is 4.21. The van der Waals surface area contributed by atoms with Gasteiger partial charge in [-0.1, -0.05) is 24.3 Å². The molecule has 0 bridgehead atoms. The van der Waals surface area contributed by atoms with Gasteiger partial charge in [0, 0.05) is 35.1 Å². The van der Waals surface area contributed by atoms with Crippen LogP contribution in [0.1, 0.15) is 36.5 Å². The summed E-state index contributed by atoms with van der Waals surface area (Å²) in [5.41, 5.74) is 3.50. The largest absolute Gasteiger partial charge is 0.543 e. The monoisotopic (exact) mass is 463 g/mol. The number of hydrogen-bond acceptors (Lipinski definition) is 6. The van der Waals surface area contributed by atoms with Crippen molar-refractivity contribution < 1.29 is 24.4 Å². The number of hydrogen-bond donors (Lipinski definition) is 1. The Kier molecular flexibility index (Phi) is 6.82. The first-order valence-electron chi connectivity index (χ1n) is 10.9. The summed E-state index contributed by atoms with van der Waals surface area (Å²) in [6.45, 7) is 2.23. The summed E-state index contributed by atoms with van der Waals surface area (Å²) >= 11 is 1.73. The van der Waals surface area contributed by atoms with Crippen LogP contribution in [0, 0.1) is 17.2 Å². The van der Waals surface area contributed by atoms with Crippen molar-refractivity contribution in [3.63, 3.8) is 0 Å². The van der Waals surface area contributed by atoms with Gasteiger partial charge >= 0.3 is 0 Å². The summed E-state index contributed by atoms with van der Waals surface area (Å²) in [4.78, 5) is 25.5. The zero-order valence-electron chi connectivity index (χ0n) is 18.3. The van der Waals surface area contributed by atoms with E-state index in [1.54, 1.807) is 18.7 Å². The second kappa shape index (κ2) is 9.77. The standard InChI is InChI=1S/C25H25N3O4S/c1-16(29)22-21-12-20(23(25(31)32)28(21)24(22)30)19-7-5-17(6-8-19)13-27-10-2-4-18(14-27)15-33-11-3-9-26/h2,4-8,10,14,16,21-22,29H,3,11-13,15H2,1H3/t16-,21-,22-/m1/s1. The number of aliphatic hydroxyl groups is 1. The van der Waals surface area contributed by atoms with Crippen LogP contribution in [0.5, 0.6) is 0 Å². The molecule has 3 heterocycles. The molecule has 2 aromatic rings. The van der Waals surface area contributed by atoms with Gasteiger partial charge in [0.1, 0.15) is 0 Å². The van der Waals surface area contributed by atoms with Crippen molar-refractivity contribution in [2.24, 2.45) is 5.92 Å². The number of nitriles is 1. The van der Waals surface area contributed by atoms with E-state index in [1.807, 2.05) is 36.5 Å². The normalized spacial score (nSPS) is 20.3. The predicted octanol–water partition coefficient (Wildman–Crippen LogP) is 1.24. The Bertz CT molecular complexity index is 1140. The zero-order chi connectivity index (χ0) is 23.5. The van der Waals surface area contributed by atoms with E-state index in [0.29, 0.717) is 25.0 Å². The van der Waals surface area contributed by atoms with E-state index >= 15 is 0 Å². The zero-order valence-corrected chi connectivity index (χ0v) is 19.1. The fourth-order valence-electron chi connectivity index (χ4n) is 4.61. The van der Waals surface area contributed by atoms with Crippen molar-refractivity contribution in [2.45, 2.75) is 44.2 Å². The van der Waals surface area contributed by atoms with Crippen molar-refractivity contribution in [3.05, 3.63) is 71.2 Å². The number of thioether (sulfide) groups is 1. The second-order valence-electron chi connectivity index (χ2n) is 8.40. The molecule has 2 aliphatic rings. The number of aliphatic hydroxyl groups excluding tert-OH is 1. The van der Waals surface area contributed by atoms with Gasteiger partial charge in [-0.05, 0) is 30.5 Å². The highest BCUT2D eigenvalue weighted by atomic mass is 32.2. The Labute approximate surface area is 197 Å². The van der Waals surface area contributed by atoms with Crippen LogP contribution < -0.4 is 9.67 Å². The Morgan fingerprint density at radius 1 is 1.33 bits per heavy atom. The minimum atomic E-state index is -1.37. The van der Waals surface area contributed by atoms with Crippen LogP contribution >= 0.6 is 11.8 Å². The molecule has 1 aromatic heterocycles. The summed E-state index contributed by atoms with van der Waals surface area (Å²) in [5, 5.41) is 30.3. The number of rotatable bonds is 9. The Balaban J connectivity index is 1.48. The van der Waals surface area contributed by atoms with Gasteiger partial charge in [-0.15, -0.1) is 0 Å². The molecule has 1 fully saturated rings. The van der Waals surface area contributed by atoms with Crippen LogP contribution in [-0.2, 0) is 21.9 Å². The maximum absolute atomic E-state index is 12.4. The van der Waals surface area contributed by atoms with Gasteiger partial charge < -0.3 is 19.9 Å². The molecule has 0 spiro atoms. The molecule has 1 saturated heterocycles. The van der Waals surface area contributed by atoms with Crippen LogP contribution in [0.3, 0.4) is 0 Å². The number of carbonyl (C=O) groups excluding carboxylic acids is 2. The Hall–Kier alpha value is -3.15. The van der Waals surface area contributed by atoms with E-state index in [4.69, 9.17) is 5.26 Å². The minimum Gasteiger partial charge on any atom is -0.543 e. The van der Waals surface area contributed by atoms with Gasteiger partial charge in [-0.3, -0.25) is 4.79 Å². The highest BCUT2D eigenvalue weighted by molar-refractivity contribution is 7.98. The summed E-state index contributed by atoms with van der Waals surface area (Å²) in [7, 11) is 0. The number of fused-ring (bicyclic) bond motifs is 1. The van der Waals surface area contributed by atoms with E-state index in [2.05, 4.69) is 22.9 Å². The lowest BCUT2D eigenvalue weighted by molar-refractivity contribution is -0.688. The maximum Gasteiger partial charge on any atom is 0.235 e. The van der Waals surface area contributed by atoms with E-state index in [-0.39, 0.29) is 17.6 Å². The van der Waals surface area contributed by atoms with Gasteiger partial charge in [0.2, 0.25) is 5.91 Å². The van der Waals surface area contributed by atoms with Crippen LogP contribution in [-0.4, -0.2) is 39.8 Å². The number of amides is 1. The molecule has 1 aromatic carbocycles. The molecule has 33 heavy (non-hydrogen) atoms. The first-order valence-corrected chi connectivity index (χ1v) is 12.0. The molecule has 0 unspecified atom stereocenters. The molecule has 0 saturated carbocycles. The highest BCUT2D eigenvalue weighted by Crippen LogP contribution is 2.46. The quantitative estimate of drug-likeness (QED) is 0.341. The van der Waals surface area contributed by atoms with E-state index in [9.17, 15) is 19.8 Å². The SMILES string of the molecule is C[C@@H](O)[C@H]1C(=O)N2C(C(=O)[O-])=C(c3ccc(C[n+]4cccc(CSCCC#N)c4)cc3)C[C@H]12. The molecule has 0 aliphatic carbocycles. The molecule has 170 valence electrons. The first kappa shape index (κ1) is 23.0. The van der Waals surface area contributed by atoms with E-state index < -0.39 is 18.0 Å². The summed E-state index contributed by atoms with van der Waals surface area (Å²) in [5.74, 6) is -0.626.